The van der Waals surface area contributed by atoms with Gasteiger partial charge in [-0.15, -0.1) is 6.58 Å². The van der Waals surface area contributed by atoms with Gasteiger partial charge in [0.25, 0.3) is 5.91 Å². The molecule has 2 fully saturated rings. The lowest BCUT2D eigenvalue weighted by Crippen LogP contribution is -2.53. The molecule has 1 heterocycles. The molecule has 2 N–H and O–H groups in total. The quantitative estimate of drug-likeness (QED) is 0.467. The standard InChI is InChI=1S/C25H33N3O6/c1-6-18-14-25(18,22(31)33-15-16-9-11-17(12-10-16)20(29)26-5)27-21(30)19-8-7-13-28(19)23(32)34-24(2,3)4/h6,9-12,18-19H,1,7-8,13-15H2,2-5H3,(H,26,29)(H,27,30)/t18?,19-,25+/m0/s1. The first kappa shape index (κ1) is 25.3. The predicted octanol–water partition coefficient (Wildman–Crippen LogP) is 2.55. The van der Waals surface area contributed by atoms with Crippen molar-refractivity contribution in [1.82, 2.24) is 15.5 Å². The third kappa shape index (κ3) is 5.58. The molecule has 9 heteroatoms. The molecule has 0 bridgehead atoms. The smallest absolute Gasteiger partial charge is 0.410 e. The largest absolute Gasteiger partial charge is 0.459 e. The van der Waals surface area contributed by atoms with Crippen molar-refractivity contribution in [1.29, 1.82) is 0 Å². The maximum absolute atomic E-state index is 13.1. The average molecular weight is 472 g/mol. The van der Waals surface area contributed by atoms with Gasteiger partial charge < -0.3 is 20.1 Å². The predicted molar refractivity (Wildman–Crippen MR) is 125 cm³/mol. The van der Waals surface area contributed by atoms with Gasteiger partial charge in [0.2, 0.25) is 5.91 Å². The Hall–Kier alpha value is -3.36. The molecule has 1 saturated carbocycles. The lowest BCUT2D eigenvalue weighted by atomic mass is 10.1. The molecule has 9 nitrogen and oxygen atoms in total. The molecule has 1 unspecified atom stereocenters. The molecule has 1 aromatic carbocycles. The number of esters is 1. The number of benzene rings is 1. The SMILES string of the molecule is C=CC1C[C@]1(NC(=O)[C@@H]1CCCN1C(=O)OC(C)(C)C)C(=O)OCc1ccc(C(=O)NC)cc1. The van der Waals surface area contributed by atoms with E-state index in [1.807, 2.05) is 0 Å². The normalized spacial score (nSPS) is 23.6. The Labute approximate surface area is 199 Å². The van der Waals surface area contributed by atoms with Crippen LogP contribution in [0.3, 0.4) is 0 Å². The molecule has 2 aliphatic rings. The molecule has 1 aliphatic carbocycles. The van der Waals surface area contributed by atoms with Crippen molar-refractivity contribution in [2.24, 2.45) is 5.92 Å². The Morgan fingerprint density at radius 1 is 1.21 bits per heavy atom. The van der Waals surface area contributed by atoms with Crippen molar-refractivity contribution in [3.05, 3.63) is 48.0 Å². The summed E-state index contributed by atoms with van der Waals surface area (Å²) in [6, 6.07) is 6.00. The van der Waals surface area contributed by atoms with E-state index >= 15 is 0 Å². The third-order valence-electron chi connectivity index (χ3n) is 6.01. The van der Waals surface area contributed by atoms with Gasteiger partial charge in [-0.3, -0.25) is 14.5 Å². The van der Waals surface area contributed by atoms with Gasteiger partial charge in [0, 0.05) is 25.1 Å². The second kappa shape index (κ2) is 9.87. The lowest BCUT2D eigenvalue weighted by Gasteiger charge is -2.29. The summed E-state index contributed by atoms with van der Waals surface area (Å²) < 4.78 is 10.9. The third-order valence-corrected chi connectivity index (χ3v) is 6.01. The number of hydrogen-bond donors (Lipinski definition) is 2. The maximum atomic E-state index is 13.1. The highest BCUT2D eigenvalue weighted by atomic mass is 16.6. The van der Waals surface area contributed by atoms with Crippen molar-refractivity contribution < 1.29 is 28.7 Å². The molecule has 0 spiro atoms. The number of carbonyl (C=O) groups is 4. The molecule has 1 aliphatic heterocycles. The van der Waals surface area contributed by atoms with E-state index in [9.17, 15) is 19.2 Å². The van der Waals surface area contributed by atoms with Gasteiger partial charge in [-0.2, -0.15) is 0 Å². The molecule has 3 atom stereocenters. The minimum atomic E-state index is -1.19. The second-order valence-electron chi connectivity index (χ2n) is 9.69. The van der Waals surface area contributed by atoms with E-state index in [1.165, 1.54) is 4.90 Å². The van der Waals surface area contributed by atoms with Crippen LogP contribution in [0.2, 0.25) is 0 Å². The molecular weight excluding hydrogens is 438 g/mol. The van der Waals surface area contributed by atoms with Gasteiger partial charge in [0.15, 0.2) is 0 Å². The highest BCUT2D eigenvalue weighted by molar-refractivity contribution is 5.95. The lowest BCUT2D eigenvalue weighted by molar-refractivity contribution is -0.151. The number of amides is 3. The number of nitrogens with zero attached hydrogens (tertiary/aromatic N) is 1. The maximum Gasteiger partial charge on any atom is 0.410 e. The van der Waals surface area contributed by atoms with Crippen LogP contribution >= 0.6 is 0 Å². The summed E-state index contributed by atoms with van der Waals surface area (Å²) in [5.41, 5.74) is -0.649. The first-order valence-corrected chi connectivity index (χ1v) is 11.4. The van der Waals surface area contributed by atoms with Crippen LogP contribution in [-0.4, -0.2) is 59.6 Å². The van der Waals surface area contributed by atoms with Crippen LogP contribution in [0, 0.1) is 5.92 Å². The van der Waals surface area contributed by atoms with Crippen molar-refractivity contribution in [2.45, 2.75) is 63.8 Å². The van der Waals surface area contributed by atoms with Crippen LogP contribution in [0.25, 0.3) is 0 Å². The summed E-state index contributed by atoms with van der Waals surface area (Å²) in [4.78, 5) is 51.7. The Kier molecular flexibility index (Phi) is 7.33. The minimum Gasteiger partial charge on any atom is -0.459 e. The molecule has 34 heavy (non-hydrogen) atoms. The summed E-state index contributed by atoms with van der Waals surface area (Å²) >= 11 is 0. The van der Waals surface area contributed by atoms with Gasteiger partial charge in [0.1, 0.15) is 23.8 Å². The molecule has 0 aromatic heterocycles. The summed E-state index contributed by atoms with van der Waals surface area (Å²) in [6.45, 7) is 9.49. The summed E-state index contributed by atoms with van der Waals surface area (Å²) in [5, 5.41) is 5.38. The monoisotopic (exact) mass is 471 g/mol. The fourth-order valence-corrected chi connectivity index (χ4v) is 4.06. The highest BCUT2D eigenvalue weighted by Gasteiger charge is 2.61. The summed E-state index contributed by atoms with van der Waals surface area (Å²) in [7, 11) is 1.55. The zero-order valence-corrected chi connectivity index (χ0v) is 20.2. The molecule has 3 rings (SSSR count). The van der Waals surface area contributed by atoms with Crippen LogP contribution < -0.4 is 10.6 Å². The van der Waals surface area contributed by atoms with Crippen LogP contribution in [0.4, 0.5) is 4.79 Å². The van der Waals surface area contributed by atoms with Gasteiger partial charge in [-0.25, -0.2) is 9.59 Å². The number of nitrogens with one attached hydrogen (secondary N) is 2. The van der Waals surface area contributed by atoms with Gasteiger partial charge in [-0.1, -0.05) is 18.2 Å². The Balaban J connectivity index is 1.63. The Morgan fingerprint density at radius 3 is 2.44 bits per heavy atom. The van der Waals surface area contributed by atoms with E-state index < -0.39 is 35.2 Å². The second-order valence-corrected chi connectivity index (χ2v) is 9.69. The van der Waals surface area contributed by atoms with Gasteiger partial charge in [-0.05, 0) is 57.7 Å². The van der Waals surface area contributed by atoms with E-state index in [2.05, 4.69) is 17.2 Å². The van der Waals surface area contributed by atoms with E-state index in [0.29, 0.717) is 36.9 Å². The summed E-state index contributed by atoms with van der Waals surface area (Å²) in [5.74, 6) is -1.41. The van der Waals surface area contributed by atoms with Crippen molar-refractivity contribution >= 4 is 23.9 Å². The number of likely N-dealkylation sites (tertiary alicyclic amines) is 1. The minimum absolute atomic E-state index is 0.00179. The molecule has 1 saturated heterocycles. The van der Waals surface area contributed by atoms with Crippen LogP contribution in [0.5, 0.6) is 0 Å². The zero-order valence-electron chi connectivity index (χ0n) is 20.2. The van der Waals surface area contributed by atoms with Crippen LogP contribution in [0.15, 0.2) is 36.9 Å². The van der Waals surface area contributed by atoms with Crippen molar-refractivity contribution in [2.75, 3.05) is 13.6 Å². The van der Waals surface area contributed by atoms with E-state index in [-0.39, 0.29) is 18.4 Å². The fourth-order valence-electron chi connectivity index (χ4n) is 4.06. The first-order valence-electron chi connectivity index (χ1n) is 11.4. The van der Waals surface area contributed by atoms with Crippen LogP contribution in [0.1, 0.15) is 56.0 Å². The topological polar surface area (TPSA) is 114 Å². The van der Waals surface area contributed by atoms with Crippen LogP contribution in [-0.2, 0) is 25.7 Å². The number of hydrogen-bond acceptors (Lipinski definition) is 6. The average Bonchev–Trinajstić information content (AvgIpc) is 3.27. The van der Waals surface area contributed by atoms with E-state index in [0.717, 1.165) is 0 Å². The van der Waals surface area contributed by atoms with E-state index in [4.69, 9.17) is 9.47 Å². The molecule has 184 valence electrons. The fraction of sp³-hybridized carbons (Fsp3) is 0.520. The van der Waals surface area contributed by atoms with Crippen molar-refractivity contribution in [3.63, 3.8) is 0 Å². The first-order chi connectivity index (χ1) is 16.0. The van der Waals surface area contributed by atoms with Crippen molar-refractivity contribution in [3.8, 4) is 0 Å². The Bertz CT molecular complexity index is 968. The highest BCUT2D eigenvalue weighted by Crippen LogP contribution is 2.46. The zero-order chi connectivity index (χ0) is 25.1. The molecular formula is C25H33N3O6. The number of rotatable bonds is 7. The van der Waals surface area contributed by atoms with Gasteiger partial charge >= 0.3 is 12.1 Å². The van der Waals surface area contributed by atoms with Gasteiger partial charge in [0.05, 0.1) is 0 Å². The molecule has 0 radical (unpaired) electrons. The summed E-state index contributed by atoms with van der Waals surface area (Å²) in [6.07, 6.45) is 2.63. The van der Waals surface area contributed by atoms with E-state index in [1.54, 1.807) is 58.2 Å². The number of carbonyl (C=O) groups excluding carboxylic acids is 4. The Morgan fingerprint density at radius 2 is 1.88 bits per heavy atom. The number of ether oxygens (including phenoxy) is 2. The molecule has 1 aromatic rings. The molecule has 3 amide bonds.